The van der Waals surface area contributed by atoms with Crippen LogP contribution < -0.4 is 15.4 Å². The van der Waals surface area contributed by atoms with Crippen LogP contribution in [0.3, 0.4) is 0 Å². The summed E-state index contributed by atoms with van der Waals surface area (Å²) in [5.74, 6) is 1.70. The van der Waals surface area contributed by atoms with Gasteiger partial charge in [-0.25, -0.2) is 0 Å². The Hall–Kier alpha value is -1.06. The molecule has 1 saturated heterocycles. The van der Waals surface area contributed by atoms with Crippen molar-refractivity contribution in [1.82, 2.24) is 15.5 Å². The smallest absolute Gasteiger partial charge is 0.191 e. The molecule has 7 heteroatoms. The summed E-state index contributed by atoms with van der Waals surface area (Å²) in [5, 5.41) is 6.79. The molecule has 1 aromatic rings. The zero-order chi connectivity index (χ0) is 19.0. The fraction of sp³-hybridized carbons (Fsp3) is 0.650. The number of guanidine groups is 1. The van der Waals surface area contributed by atoms with E-state index in [-0.39, 0.29) is 35.6 Å². The van der Waals surface area contributed by atoms with Gasteiger partial charge in [-0.05, 0) is 45.4 Å². The molecule has 27 heavy (non-hydrogen) atoms. The van der Waals surface area contributed by atoms with Gasteiger partial charge in [0.2, 0.25) is 0 Å². The van der Waals surface area contributed by atoms with E-state index in [2.05, 4.69) is 60.4 Å². The van der Waals surface area contributed by atoms with Gasteiger partial charge in [-0.2, -0.15) is 0 Å². The minimum atomic E-state index is 0. The minimum absolute atomic E-state index is 0. The zero-order valence-corrected chi connectivity index (χ0v) is 19.6. The predicted molar refractivity (Wildman–Crippen MR) is 123 cm³/mol. The van der Waals surface area contributed by atoms with Crippen LogP contribution in [-0.4, -0.2) is 68.9 Å². The Bertz CT molecular complexity index is 589. The third-order valence-corrected chi connectivity index (χ3v) is 4.66. The molecule has 1 aliphatic heterocycles. The van der Waals surface area contributed by atoms with Gasteiger partial charge < -0.3 is 20.1 Å². The van der Waals surface area contributed by atoms with Crippen molar-refractivity contribution in [3.8, 4) is 5.75 Å². The number of rotatable bonds is 7. The lowest BCUT2D eigenvalue weighted by atomic mass is 10.0. The lowest BCUT2D eigenvalue weighted by Crippen LogP contribution is -2.56. The average Bonchev–Trinajstić information content (AvgIpc) is 2.62. The molecule has 0 bridgehead atoms. The van der Waals surface area contributed by atoms with Crippen LogP contribution in [0.4, 0.5) is 0 Å². The number of nitrogens with one attached hydrogen (secondary N) is 2. The van der Waals surface area contributed by atoms with E-state index in [9.17, 15) is 0 Å². The fourth-order valence-corrected chi connectivity index (χ4v) is 3.00. The van der Waals surface area contributed by atoms with Gasteiger partial charge in [0, 0.05) is 32.2 Å². The minimum Gasteiger partial charge on any atom is -0.489 e. The van der Waals surface area contributed by atoms with Crippen molar-refractivity contribution in [1.29, 1.82) is 0 Å². The topological polar surface area (TPSA) is 58.1 Å². The third-order valence-electron chi connectivity index (χ3n) is 4.66. The van der Waals surface area contributed by atoms with Crippen molar-refractivity contribution >= 4 is 29.9 Å². The van der Waals surface area contributed by atoms with Crippen LogP contribution in [0.5, 0.6) is 5.75 Å². The SMILES string of the molecule is CN=C(NCC(C)Oc1cccc(C)c1)NCC(C)(C)N1CCOCC1.I. The number of hydrogen-bond donors (Lipinski definition) is 2. The van der Waals surface area contributed by atoms with E-state index in [0.29, 0.717) is 6.54 Å². The van der Waals surface area contributed by atoms with Gasteiger partial charge in [0.05, 0.1) is 19.8 Å². The van der Waals surface area contributed by atoms with Crippen molar-refractivity contribution < 1.29 is 9.47 Å². The number of benzene rings is 1. The number of ether oxygens (including phenoxy) is 2. The summed E-state index contributed by atoms with van der Waals surface area (Å²) >= 11 is 0. The summed E-state index contributed by atoms with van der Waals surface area (Å²) in [7, 11) is 1.79. The molecule has 0 saturated carbocycles. The van der Waals surface area contributed by atoms with Gasteiger partial charge >= 0.3 is 0 Å². The summed E-state index contributed by atoms with van der Waals surface area (Å²) in [6.45, 7) is 13.7. The van der Waals surface area contributed by atoms with Gasteiger partial charge in [0.15, 0.2) is 5.96 Å². The first-order valence-electron chi connectivity index (χ1n) is 9.41. The summed E-state index contributed by atoms with van der Waals surface area (Å²) in [6, 6.07) is 8.12. The number of hydrogen-bond acceptors (Lipinski definition) is 4. The molecule has 0 radical (unpaired) electrons. The van der Waals surface area contributed by atoms with Crippen LogP contribution in [0, 0.1) is 6.92 Å². The Morgan fingerprint density at radius 2 is 2.00 bits per heavy atom. The summed E-state index contributed by atoms with van der Waals surface area (Å²) in [6.07, 6.45) is 0.0441. The summed E-state index contributed by atoms with van der Waals surface area (Å²) in [5.41, 5.74) is 1.25. The lowest BCUT2D eigenvalue weighted by molar-refractivity contribution is -0.00834. The van der Waals surface area contributed by atoms with Crippen LogP contribution in [0.25, 0.3) is 0 Å². The number of aryl methyl sites for hydroxylation is 1. The van der Waals surface area contributed by atoms with Crippen molar-refractivity contribution in [3.63, 3.8) is 0 Å². The van der Waals surface area contributed by atoms with Crippen LogP contribution >= 0.6 is 24.0 Å². The van der Waals surface area contributed by atoms with Gasteiger partial charge in [0.1, 0.15) is 11.9 Å². The Kier molecular flexibility index (Phi) is 10.4. The second kappa shape index (κ2) is 11.7. The Morgan fingerprint density at radius 3 is 2.63 bits per heavy atom. The maximum atomic E-state index is 5.96. The molecule has 1 unspecified atom stereocenters. The Labute approximate surface area is 181 Å². The van der Waals surface area contributed by atoms with Crippen LogP contribution in [-0.2, 0) is 4.74 Å². The Balaban J connectivity index is 0.00000364. The molecule has 154 valence electrons. The highest BCUT2D eigenvalue weighted by Crippen LogP contribution is 2.15. The van der Waals surface area contributed by atoms with E-state index in [0.717, 1.165) is 44.6 Å². The molecule has 2 N–H and O–H groups in total. The second-order valence-corrected chi connectivity index (χ2v) is 7.46. The lowest BCUT2D eigenvalue weighted by Gasteiger charge is -2.41. The van der Waals surface area contributed by atoms with E-state index in [1.54, 1.807) is 7.05 Å². The monoisotopic (exact) mass is 490 g/mol. The average molecular weight is 490 g/mol. The van der Waals surface area contributed by atoms with Crippen LogP contribution in [0.2, 0.25) is 0 Å². The van der Waals surface area contributed by atoms with E-state index in [1.807, 2.05) is 12.1 Å². The van der Waals surface area contributed by atoms with Gasteiger partial charge in [0.25, 0.3) is 0 Å². The molecular formula is C20H35IN4O2. The van der Waals surface area contributed by atoms with Gasteiger partial charge in [-0.1, -0.05) is 12.1 Å². The van der Waals surface area contributed by atoms with E-state index >= 15 is 0 Å². The van der Waals surface area contributed by atoms with E-state index < -0.39 is 0 Å². The maximum Gasteiger partial charge on any atom is 0.191 e. The van der Waals surface area contributed by atoms with Gasteiger partial charge in [-0.3, -0.25) is 9.89 Å². The van der Waals surface area contributed by atoms with Crippen molar-refractivity contribution in [2.75, 3.05) is 46.4 Å². The third kappa shape index (κ3) is 8.23. The van der Waals surface area contributed by atoms with Crippen LogP contribution in [0.1, 0.15) is 26.3 Å². The molecule has 0 aliphatic carbocycles. The highest BCUT2D eigenvalue weighted by molar-refractivity contribution is 14.0. The zero-order valence-electron chi connectivity index (χ0n) is 17.2. The predicted octanol–water partition coefficient (Wildman–Crippen LogP) is 2.66. The maximum absolute atomic E-state index is 5.96. The quantitative estimate of drug-likeness (QED) is 0.350. The first-order valence-corrected chi connectivity index (χ1v) is 9.41. The summed E-state index contributed by atoms with van der Waals surface area (Å²) < 4.78 is 11.4. The first kappa shape index (κ1) is 24.0. The standard InChI is InChI=1S/C20H34N4O2.HI/c1-16-7-6-8-18(13-16)26-17(2)14-22-19(21-5)23-15-20(3,4)24-9-11-25-12-10-24;/h6-8,13,17H,9-12,14-15H2,1-5H3,(H2,21,22,23);1H. The van der Waals surface area contributed by atoms with Crippen molar-refractivity contribution in [2.24, 2.45) is 4.99 Å². The molecule has 6 nitrogen and oxygen atoms in total. The molecule has 0 spiro atoms. The molecule has 1 fully saturated rings. The molecule has 1 atom stereocenters. The fourth-order valence-electron chi connectivity index (χ4n) is 3.00. The number of halogens is 1. The molecule has 0 aromatic heterocycles. The molecule has 2 rings (SSSR count). The Morgan fingerprint density at radius 1 is 1.30 bits per heavy atom. The highest BCUT2D eigenvalue weighted by Gasteiger charge is 2.28. The van der Waals surface area contributed by atoms with Crippen molar-refractivity contribution in [3.05, 3.63) is 29.8 Å². The van der Waals surface area contributed by atoms with Crippen LogP contribution in [0.15, 0.2) is 29.3 Å². The van der Waals surface area contributed by atoms with Gasteiger partial charge in [-0.15, -0.1) is 24.0 Å². The normalized spacial score (nSPS) is 17.0. The second-order valence-electron chi connectivity index (χ2n) is 7.46. The number of morpholine rings is 1. The molecular weight excluding hydrogens is 455 g/mol. The van der Waals surface area contributed by atoms with Crippen molar-refractivity contribution in [2.45, 2.75) is 39.3 Å². The summed E-state index contributed by atoms with van der Waals surface area (Å²) in [4.78, 5) is 6.78. The molecule has 1 heterocycles. The molecule has 0 amide bonds. The largest absolute Gasteiger partial charge is 0.489 e. The van der Waals surface area contributed by atoms with E-state index in [4.69, 9.17) is 9.47 Å². The number of aliphatic imine (C=N–C) groups is 1. The number of nitrogens with zero attached hydrogens (tertiary/aromatic N) is 2. The first-order chi connectivity index (χ1) is 12.4. The molecule has 1 aliphatic rings. The highest BCUT2D eigenvalue weighted by atomic mass is 127. The van der Waals surface area contributed by atoms with E-state index in [1.165, 1.54) is 5.56 Å². The molecule has 1 aromatic carbocycles.